The van der Waals surface area contributed by atoms with Crippen LogP contribution < -0.4 is 11.3 Å². The number of unbranched alkanes of at least 4 members (excludes halogenated alkanes) is 2. The van der Waals surface area contributed by atoms with Gasteiger partial charge in [0.05, 0.1) is 0 Å². The van der Waals surface area contributed by atoms with Crippen LogP contribution in [0.1, 0.15) is 24.8 Å². The number of nitrogens with zero attached hydrogens (tertiary/aromatic N) is 2. The molecule has 0 fully saturated rings. The molecule has 17 heavy (non-hydrogen) atoms. The van der Waals surface area contributed by atoms with Gasteiger partial charge in [0.25, 0.3) is 0 Å². The van der Waals surface area contributed by atoms with Crippen LogP contribution in [0.4, 0.5) is 5.82 Å². The van der Waals surface area contributed by atoms with E-state index in [1.165, 1.54) is 5.56 Å². The lowest BCUT2D eigenvalue weighted by Crippen LogP contribution is -2.19. The van der Waals surface area contributed by atoms with E-state index in [9.17, 15) is 0 Å². The van der Waals surface area contributed by atoms with Crippen LogP contribution in [0.25, 0.3) is 0 Å². The van der Waals surface area contributed by atoms with E-state index in [1.807, 2.05) is 18.3 Å². The molecule has 0 aliphatic rings. The molecule has 0 aliphatic carbocycles. The summed E-state index contributed by atoms with van der Waals surface area (Å²) in [6.07, 6.45) is 4.92. The van der Waals surface area contributed by atoms with Crippen molar-refractivity contribution in [2.24, 2.45) is 5.84 Å². The normalized spacial score (nSPS) is 10.8. The van der Waals surface area contributed by atoms with Gasteiger partial charge in [0.2, 0.25) is 0 Å². The maximum Gasteiger partial charge on any atom is 0.139 e. The van der Waals surface area contributed by atoms with Crippen LogP contribution in [0, 0.1) is 0 Å². The van der Waals surface area contributed by atoms with Gasteiger partial charge in [0.15, 0.2) is 0 Å². The maximum absolute atomic E-state index is 8.68. The van der Waals surface area contributed by atoms with E-state index < -0.39 is 0 Å². The third-order valence-electron chi connectivity index (χ3n) is 2.62. The zero-order valence-corrected chi connectivity index (χ0v) is 10.4. The third-order valence-corrected chi connectivity index (χ3v) is 2.62. The van der Waals surface area contributed by atoms with E-state index in [4.69, 9.17) is 10.9 Å². The Labute approximate surface area is 103 Å². The summed E-state index contributed by atoms with van der Waals surface area (Å²) in [5.74, 6) is 5.93. The molecule has 1 aromatic rings. The minimum Gasteiger partial charge on any atom is -0.396 e. The first-order chi connectivity index (χ1) is 8.26. The average molecular weight is 238 g/mol. The number of aromatic nitrogens is 1. The van der Waals surface area contributed by atoms with Crippen LogP contribution in [-0.4, -0.2) is 35.2 Å². The zero-order valence-electron chi connectivity index (χ0n) is 10.4. The molecule has 0 bridgehead atoms. The number of hydrazine groups is 1. The Morgan fingerprint density at radius 2 is 2.18 bits per heavy atom. The van der Waals surface area contributed by atoms with E-state index in [0.717, 1.165) is 32.4 Å². The van der Waals surface area contributed by atoms with Crippen LogP contribution in [0.15, 0.2) is 18.3 Å². The molecule has 0 saturated carbocycles. The number of hydrogen-bond donors (Lipinski definition) is 3. The van der Waals surface area contributed by atoms with Gasteiger partial charge in [-0.2, -0.15) is 0 Å². The van der Waals surface area contributed by atoms with Crippen LogP contribution in [0.5, 0.6) is 0 Å². The monoisotopic (exact) mass is 238 g/mol. The second kappa shape index (κ2) is 8.00. The number of pyridine rings is 1. The number of aliphatic hydroxyl groups excluding tert-OH is 1. The third kappa shape index (κ3) is 5.63. The van der Waals surface area contributed by atoms with Crippen molar-refractivity contribution < 1.29 is 5.11 Å². The molecule has 0 spiro atoms. The molecule has 96 valence electrons. The zero-order chi connectivity index (χ0) is 12.5. The van der Waals surface area contributed by atoms with Gasteiger partial charge in [0, 0.05) is 19.3 Å². The SMILES string of the molecule is CN(CCCCCO)Cc1ccc(NN)nc1. The van der Waals surface area contributed by atoms with Crippen molar-refractivity contribution in [1.82, 2.24) is 9.88 Å². The number of nitrogens with two attached hydrogens (primary N) is 1. The van der Waals surface area contributed by atoms with Gasteiger partial charge in [-0.1, -0.05) is 6.07 Å². The van der Waals surface area contributed by atoms with Crippen molar-refractivity contribution in [2.75, 3.05) is 25.6 Å². The average Bonchev–Trinajstić information content (AvgIpc) is 2.36. The minimum atomic E-state index is 0.293. The summed E-state index contributed by atoms with van der Waals surface area (Å²) < 4.78 is 0. The predicted molar refractivity (Wildman–Crippen MR) is 69.3 cm³/mol. The number of nitrogen functional groups attached to an aromatic ring is 1. The Balaban J connectivity index is 2.26. The first-order valence-corrected chi connectivity index (χ1v) is 5.97. The number of rotatable bonds is 8. The van der Waals surface area contributed by atoms with E-state index >= 15 is 0 Å². The molecule has 1 heterocycles. The molecule has 1 aromatic heterocycles. The molecule has 0 unspecified atom stereocenters. The van der Waals surface area contributed by atoms with Crippen molar-refractivity contribution in [2.45, 2.75) is 25.8 Å². The largest absolute Gasteiger partial charge is 0.396 e. The van der Waals surface area contributed by atoms with E-state index in [1.54, 1.807) is 0 Å². The Bertz CT molecular complexity index is 302. The van der Waals surface area contributed by atoms with E-state index in [2.05, 4.69) is 22.4 Å². The first-order valence-electron chi connectivity index (χ1n) is 5.97. The number of nitrogens with one attached hydrogen (secondary N) is 1. The molecule has 0 aliphatic heterocycles. The summed E-state index contributed by atoms with van der Waals surface area (Å²) in [4.78, 5) is 6.42. The van der Waals surface area contributed by atoms with Crippen molar-refractivity contribution in [1.29, 1.82) is 0 Å². The highest BCUT2D eigenvalue weighted by Crippen LogP contribution is 2.07. The lowest BCUT2D eigenvalue weighted by Gasteiger charge is -2.16. The molecule has 0 aromatic carbocycles. The Morgan fingerprint density at radius 1 is 1.35 bits per heavy atom. The minimum absolute atomic E-state index is 0.293. The van der Waals surface area contributed by atoms with E-state index in [-0.39, 0.29) is 0 Å². The molecule has 5 heteroatoms. The molecule has 1 rings (SSSR count). The fraction of sp³-hybridized carbons (Fsp3) is 0.583. The summed E-state index contributed by atoms with van der Waals surface area (Å²) in [5, 5.41) is 8.68. The highest BCUT2D eigenvalue weighted by Gasteiger charge is 2.01. The molecule has 0 amide bonds. The molecule has 0 saturated heterocycles. The van der Waals surface area contributed by atoms with Gasteiger partial charge < -0.3 is 15.4 Å². The van der Waals surface area contributed by atoms with Gasteiger partial charge in [-0.15, -0.1) is 0 Å². The van der Waals surface area contributed by atoms with Gasteiger partial charge in [0.1, 0.15) is 5.82 Å². The molecule has 5 nitrogen and oxygen atoms in total. The smallest absolute Gasteiger partial charge is 0.139 e. The van der Waals surface area contributed by atoms with Crippen LogP contribution in [0.2, 0.25) is 0 Å². The summed E-state index contributed by atoms with van der Waals surface area (Å²) in [6, 6.07) is 3.89. The molecule has 4 N–H and O–H groups in total. The molecule has 0 radical (unpaired) electrons. The summed E-state index contributed by atoms with van der Waals surface area (Å²) >= 11 is 0. The highest BCUT2D eigenvalue weighted by molar-refractivity contribution is 5.33. The summed E-state index contributed by atoms with van der Waals surface area (Å²) in [7, 11) is 2.09. The van der Waals surface area contributed by atoms with Crippen molar-refractivity contribution in [3.8, 4) is 0 Å². The lowest BCUT2D eigenvalue weighted by molar-refractivity contribution is 0.271. The van der Waals surface area contributed by atoms with E-state index in [0.29, 0.717) is 12.4 Å². The molecular formula is C12H22N4O. The Hall–Kier alpha value is -1.17. The van der Waals surface area contributed by atoms with Gasteiger partial charge in [-0.05, 0) is 44.5 Å². The quantitative estimate of drug-likeness (QED) is 0.357. The van der Waals surface area contributed by atoms with Crippen LogP contribution in [0.3, 0.4) is 0 Å². The predicted octanol–water partition coefficient (Wildman–Crippen LogP) is 0.962. The van der Waals surface area contributed by atoms with Crippen molar-refractivity contribution in [3.05, 3.63) is 23.9 Å². The first kappa shape index (κ1) is 13.9. The van der Waals surface area contributed by atoms with Crippen LogP contribution in [-0.2, 0) is 6.54 Å². The second-order valence-corrected chi connectivity index (χ2v) is 4.22. The Morgan fingerprint density at radius 3 is 2.76 bits per heavy atom. The molecular weight excluding hydrogens is 216 g/mol. The Kier molecular flexibility index (Phi) is 6.54. The number of hydrogen-bond acceptors (Lipinski definition) is 5. The maximum atomic E-state index is 8.68. The van der Waals surface area contributed by atoms with Crippen LogP contribution >= 0.6 is 0 Å². The number of aliphatic hydroxyl groups is 1. The topological polar surface area (TPSA) is 74.4 Å². The van der Waals surface area contributed by atoms with Crippen molar-refractivity contribution in [3.63, 3.8) is 0 Å². The van der Waals surface area contributed by atoms with Gasteiger partial charge in [-0.25, -0.2) is 10.8 Å². The summed E-state index contributed by atoms with van der Waals surface area (Å²) in [6.45, 7) is 2.22. The molecule has 0 atom stereocenters. The van der Waals surface area contributed by atoms with Gasteiger partial charge >= 0.3 is 0 Å². The second-order valence-electron chi connectivity index (χ2n) is 4.22. The lowest BCUT2D eigenvalue weighted by atomic mass is 10.2. The standard InChI is InChI=1S/C12H22N4O/c1-16(7-3-2-4-8-17)10-11-5-6-12(15-13)14-9-11/h5-6,9,17H,2-4,7-8,10,13H2,1H3,(H,14,15). The fourth-order valence-corrected chi connectivity index (χ4v) is 1.66. The summed E-state index contributed by atoms with van der Waals surface area (Å²) in [5.41, 5.74) is 3.68. The fourth-order valence-electron chi connectivity index (χ4n) is 1.66. The van der Waals surface area contributed by atoms with Gasteiger partial charge in [-0.3, -0.25) is 0 Å². The highest BCUT2D eigenvalue weighted by atomic mass is 16.2. The number of anilines is 1. The van der Waals surface area contributed by atoms with Crippen molar-refractivity contribution >= 4 is 5.82 Å².